The molecule has 0 radical (unpaired) electrons. The first-order chi connectivity index (χ1) is 9.56. The van der Waals surface area contributed by atoms with Crippen molar-refractivity contribution in [2.45, 2.75) is 6.54 Å². The Morgan fingerprint density at radius 2 is 1.85 bits per heavy atom. The first-order valence-electron chi connectivity index (χ1n) is 5.99. The molecular formula is C15H13FN2OS. The number of amides is 1. The van der Waals surface area contributed by atoms with Gasteiger partial charge >= 0.3 is 0 Å². The highest BCUT2D eigenvalue weighted by Crippen LogP contribution is 2.07. The van der Waals surface area contributed by atoms with Gasteiger partial charge in [-0.1, -0.05) is 36.5 Å². The fourth-order valence-corrected chi connectivity index (χ4v) is 1.87. The van der Waals surface area contributed by atoms with E-state index in [1.165, 1.54) is 12.1 Å². The quantitative estimate of drug-likeness (QED) is 0.849. The molecule has 1 amide bonds. The van der Waals surface area contributed by atoms with Gasteiger partial charge in [-0.25, -0.2) is 4.39 Å². The Hall–Kier alpha value is -2.27. The molecule has 0 bridgehead atoms. The van der Waals surface area contributed by atoms with Crippen LogP contribution in [0.2, 0.25) is 0 Å². The molecule has 0 aliphatic carbocycles. The summed E-state index contributed by atoms with van der Waals surface area (Å²) in [6.45, 7) is 0.258. The molecule has 2 rings (SSSR count). The number of nitrogens with one attached hydrogen (secondary N) is 1. The van der Waals surface area contributed by atoms with Gasteiger partial charge in [-0.2, -0.15) is 0 Å². The van der Waals surface area contributed by atoms with Crippen molar-refractivity contribution in [1.82, 2.24) is 5.32 Å². The number of benzene rings is 2. The summed E-state index contributed by atoms with van der Waals surface area (Å²) in [4.78, 5) is 12.2. The van der Waals surface area contributed by atoms with E-state index in [0.717, 1.165) is 0 Å². The number of hydrogen-bond donors (Lipinski definition) is 2. The Balaban J connectivity index is 2.05. The van der Waals surface area contributed by atoms with Crippen LogP contribution in [0.15, 0.2) is 48.5 Å². The van der Waals surface area contributed by atoms with Crippen LogP contribution in [-0.2, 0) is 6.54 Å². The molecule has 3 N–H and O–H groups in total. The number of nitrogens with two attached hydrogens (primary N) is 1. The van der Waals surface area contributed by atoms with Crippen molar-refractivity contribution >= 4 is 23.1 Å². The molecule has 2 aromatic carbocycles. The minimum Gasteiger partial charge on any atom is -0.389 e. The lowest BCUT2D eigenvalue weighted by atomic mass is 10.1. The zero-order chi connectivity index (χ0) is 14.5. The van der Waals surface area contributed by atoms with Crippen LogP contribution in [-0.4, -0.2) is 10.9 Å². The second-order valence-corrected chi connectivity index (χ2v) is 4.70. The van der Waals surface area contributed by atoms with Crippen LogP contribution in [0.1, 0.15) is 21.5 Å². The van der Waals surface area contributed by atoms with E-state index in [-0.39, 0.29) is 23.3 Å². The SMILES string of the molecule is NC(=S)c1cccc(C(=O)NCc2cccc(F)c2)c1. The zero-order valence-electron chi connectivity index (χ0n) is 10.6. The molecule has 3 nitrogen and oxygen atoms in total. The van der Waals surface area contributed by atoms with Crippen LogP contribution < -0.4 is 11.1 Å². The van der Waals surface area contributed by atoms with Crippen molar-refractivity contribution in [3.63, 3.8) is 0 Å². The maximum Gasteiger partial charge on any atom is 0.251 e. The molecule has 20 heavy (non-hydrogen) atoms. The molecule has 0 aliphatic rings. The number of rotatable bonds is 4. The third kappa shape index (κ3) is 3.61. The Morgan fingerprint density at radius 3 is 2.55 bits per heavy atom. The van der Waals surface area contributed by atoms with Crippen molar-refractivity contribution in [2.75, 3.05) is 0 Å². The molecule has 0 spiro atoms. The van der Waals surface area contributed by atoms with Crippen LogP contribution >= 0.6 is 12.2 Å². The monoisotopic (exact) mass is 288 g/mol. The minimum atomic E-state index is -0.327. The van der Waals surface area contributed by atoms with E-state index in [0.29, 0.717) is 16.7 Å². The lowest BCUT2D eigenvalue weighted by Gasteiger charge is -2.07. The summed E-state index contributed by atoms with van der Waals surface area (Å²) >= 11 is 4.87. The summed E-state index contributed by atoms with van der Waals surface area (Å²) in [5, 5.41) is 2.72. The van der Waals surface area contributed by atoms with Crippen molar-refractivity contribution in [2.24, 2.45) is 5.73 Å². The van der Waals surface area contributed by atoms with Crippen LogP contribution in [0.4, 0.5) is 4.39 Å². The van der Waals surface area contributed by atoms with Gasteiger partial charge < -0.3 is 11.1 Å². The van der Waals surface area contributed by atoms with Gasteiger partial charge in [-0.05, 0) is 29.8 Å². The molecule has 0 atom stereocenters. The molecule has 0 aliphatic heterocycles. The Bertz CT molecular complexity index is 658. The van der Waals surface area contributed by atoms with E-state index in [9.17, 15) is 9.18 Å². The average Bonchev–Trinajstić information content (AvgIpc) is 2.45. The molecule has 0 unspecified atom stereocenters. The van der Waals surface area contributed by atoms with Crippen molar-refractivity contribution in [3.8, 4) is 0 Å². The molecule has 102 valence electrons. The van der Waals surface area contributed by atoms with E-state index in [1.807, 2.05) is 0 Å². The summed E-state index contributed by atoms with van der Waals surface area (Å²) in [6.07, 6.45) is 0. The van der Waals surface area contributed by atoms with Gasteiger partial charge in [0.1, 0.15) is 10.8 Å². The molecule has 0 aromatic heterocycles. The topological polar surface area (TPSA) is 55.1 Å². The van der Waals surface area contributed by atoms with E-state index < -0.39 is 0 Å². The Kier molecular flexibility index (Phi) is 4.42. The number of carbonyl (C=O) groups is 1. The highest BCUT2D eigenvalue weighted by atomic mass is 32.1. The molecule has 2 aromatic rings. The smallest absolute Gasteiger partial charge is 0.251 e. The van der Waals surface area contributed by atoms with Crippen molar-refractivity contribution < 1.29 is 9.18 Å². The van der Waals surface area contributed by atoms with Crippen LogP contribution in [0.5, 0.6) is 0 Å². The summed E-state index contributed by atoms with van der Waals surface area (Å²) in [5.74, 6) is -0.584. The maximum atomic E-state index is 13.0. The molecular weight excluding hydrogens is 275 g/mol. The van der Waals surface area contributed by atoms with Gasteiger partial charge in [0, 0.05) is 17.7 Å². The Labute approximate surface area is 121 Å². The normalized spacial score (nSPS) is 10.1. The third-order valence-corrected chi connectivity index (χ3v) is 2.99. The highest BCUT2D eigenvalue weighted by molar-refractivity contribution is 7.80. The predicted molar refractivity (Wildman–Crippen MR) is 79.9 cm³/mol. The lowest BCUT2D eigenvalue weighted by Crippen LogP contribution is -2.23. The van der Waals surface area contributed by atoms with Gasteiger partial charge in [-0.15, -0.1) is 0 Å². The molecule has 5 heteroatoms. The van der Waals surface area contributed by atoms with Gasteiger partial charge in [-0.3, -0.25) is 4.79 Å². The standard InChI is InChI=1S/C15H13FN2OS/c16-13-6-1-3-10(7-13)9-18-15(19)12-5-2-4-11(8-12)14(17)20/h1-8H,9H2,(H2,17,20)(H,18,19). The second kappa shape index (κ2) is 6.25. The number of halogens is 1. The summed E-state index contributed by atoms with van der Waals surface area (Å²) in [6, 6.07) is 12.8. The zero-order valence-corrected chi connectivity index (χ0v) is 11.4. The van der Waals surface area contributed by atoms with E-state index in [4.69, 9.17) is 18.0 Å². The molecule has 0 saturated carbocycles. The molecule has 0 fully saturated rings. The van der Waals surface area contributed by atoms with E-state index in [1.54, 1.807) is 36.4 Å². The predicted octanol–water partition coefficient (Wildman–Crippen LogP) is 2.39. The first-order valence-corrected chi connectivity index (χ1v) is 6.39. The van der Waals surface area contributed by atoms with Gasteiger partial charge in [0.15, 0.2) is 0 Å². The molecule has 0 heterocycles. The van der Waals surface area contributed by atoms with Crippen molar-refractivity contribution in [3.05, 3.63) is 71.0 Å². The summed E-state index contributed by atoms with van der Waals surface area (Å²) < 4.78 is 13.0. The van der Waals surface area contributed by atoms with Gasteiger partial charge in [0.25, 0.3) is 5.91 Å². The van der Waals surface area contributed by atoms with E-state index in [2.05, 4.69) is 5.32 Å². The fraction of sp³-hybridized carbons (Fsp3) is 0.0667. The highest BCUT2D eigenvalue weighted by Gasteiger charge is 2.07. The second-order valence-electron chi connectivity index (χ2n) is 4.26. The average molecular weight is 288 g/mol. The van der Waals surface area contributed by atoms with Gasteiger partial charge in [0.2, 0.25) is 0 Å². The van der Waals surface area contributed by atoms with E-state index >= 15 is 0 Å². The number of carbonyl (C=O) groups excluding carboxylic acids is 1. The minimum absolute atomic E-state index is 0.241. The summed E-state index contributed by atoms with van der Waals surface area (Å²) in [5.41, 5.74) is 7.32. The van der Waals surface area contributed by atoms with Crippen LogP contribution in [0.3, 0.4) is 0 Å². The lowest BCUT2D eigenvalue weighted by molar-refractivity contribution is 0.0951. The molecule has 0 saturated heterocycles. The first kappa shape index (κ1) is 14.1. The van der Waals surface area contributed by atoms with Gasteiger partial charge in [0.05, 0.1) is 0 Å². The number of hydrogen-bond acceptors (Lipinski definition) is 2. The van der Waals surface area contributed by atoms with Crippen molar-refractivity contribution in [1.29, 1.82) is 0 Å². The largest absolute Gasteiger partial charge is 0.389 e. The maximum absolute atomic E-state index is 13.0. The fourth-order valence-electron chi connectivity index (χ4n) is 1.75. The number of thiocarbonyl (C=S) groups is 1. The van der Waals surface area contributed by atoms with Crippen LogP contribution in [0, 0.1) is 5.82 Å². The third-order valence-electron chi connectivity index (χ3n) is 2.75. The summed E-state index contributed by atoms with van der Waals surface area (Å²) in [7, 11) is 0. The Morgan fingerprint density at radius 1 is 1.15 bits per heavy atom. The van der Waals surface area contributed by atoms with Crippen LogP contribution in [0.25, 0.3) is 0 Å².